The minimum atomic E-state index is 0.247. The van der Waals surface area contributed by atoms with Crippen molar-refractivity contribution in [1.82, 2.24) is 10.3 Å². The summed E-state index contributed by atoms with van der Waals surface area (Å²) >= 11 is 0. The molecule has 0 radical (unpaired) electrons. The van der Waals surface area contributed by atoms with Crippen LogP contribution in [-0.2, 0) is 11.2 Å². The molecule has 0 aliphatic carbocycles. The quantitative estimate of drug-likeness (QED) is 0.744. The van der Waals surface area contributed by atoms with E-state index in [2.05, 4.69) is 44.1 Å². The highest BCUT2D eigenvalue weighted by atomic mass is 16.5. The van der Waals surface area contributed by atoms with Crippen LogP contribution < -0.4 is 5.32 Å². The van der Waals surface area contributed by atoms with Gasteiger partial charge in [0.2, 0.25) is 0 Å². The van der Waals surface area contributed by atoms with Crippen LogP contribution in [0.2, 0.25) is 0 Å². The Morgan fingerprint density at radius 2 is 2.11 bits per heavy atom. The summed E-state index contributed by atoms with van der Waals surface area (Å²) in [5.74, 6) is 0.506. The molecule has 0 aromatic carbocycles. The second kappa shape index (κ2) is 9.05. The van der Waals surface area contributed by atoms with Gasteiger partial charge in [0.15, 0.2) is 0 Å². The summed E-state index contributed by atoms with van der Waals surface area (Å²) in [5, 5.41) is 3.63. The van der Waals surface area contributed by atoms with Gasteiger partial charge in [0.05, 0.1) is 6.10 Å². The first-order valence-corrected chi connectivity index (χ1v) is 7.42. The third-order valence-electron chi connectivity index (χ3n) is 3.25. The molecule has 0 bridgehead atoms. The first-order chi connectivity index (χ1) is 9.19. The molecule has 0 saturated heterocycles. The molecule has 1 rings (SSSR count). The van der Waals surface area contributed by atoms with E-state index in [-0.39, 0.29) is 6.10 Å². The number of nitrogens with zero attached hydrogens (tertiary/aromatic N) is 1. The molecule has 0 fully saturated rings. The minimum Gasteiger partial charge on any atom is -0.377 e. The van der Waals surface area contributed by atoms with Gasteiger partial charge in [-0.15, -0.1) is 0 Å². The average Bonchev–Trinajstić information content (AvgIpc) is 2.42. The Labute approximate surface area is 117 Å². The summed E-state index contributed by atoms with van der Waals surface area (Å²) in [6.45, 7) is 10.5. The molecule has 0 aliphatic rings. The second-order valence-electron chi connectivity index (χ2n) is 5.29. The predicted molar refractivity (Wildman–Crippen MR) is 80.3 cm³/mol. The van der Waals surface area contributed by atoms with Crippen LogP contribution in [0.25, 0.3) is 0 Å². The largest absolute Gasteiger partial charge is 0.377 e. The van der Waals surface area contributed by atoms with E-state index in [0.29, 0.717) is 12.0 Å². The summed E-state index contributed by atoms with van der Waals surface area (Å²) in [4.78, 5) is 4.20. The zero-order valence-electron chi connectivity index (χ0n) is 12.7. The molecule has 0 aliphatic heterocycles. The van der Waals surface area contributed by atoms with Gasteiger partial charge in [-0.3, -0.25) is 4.98 Å². The normalized spacial score (nSPS) is 14.6. The van der Waals surface area contributed by atoms with Crippen molar-refractivity contribution < 1.29 is 4.74 Å². The molecule has 3 heteroatoms. The number of pyridine rings is 1. The minimum absolute atomic E-state index is 0.247. The molecule has 1 aromatic rings. The Balaban J connectivity index is 2.74. The van der Waals surface area contributed by atoms with Gasteiger partial charge in [-0.25, -0.2) is 0 Å². The van der Waals surface area contributed by atoms with Crippen molar-refractivity contribution in [2.24, 2.45) is 5.92 Å². The van der Waals surface area contributed by atoms with Gasteiger partial charge in [0.1, 0.15) is 0 Å². The zero-order chi connectivity index (χ0) is 14.1. The van der Waals surface area contributed by atoms with Gasteiger partial charge in [0.25, 0.3) is 0 Å². The van der Waals surface area contributed by atoms with Crippen LogP contribution in [0.3, 0.4) is 0 Å². The fourth-order valence-electron chi connectivity index (χ4n) is 2.37. The number of nitrogens with one attached hydrogen (secondary N) is 1. The standard InChI is InChI=1S/C16H28N2O/c1-5-9-18-15(16(13(3)4)19-6-2)11-14-8-7-10-17-12-14/h7-8,10,12-13,15-16,18H,5-6,9,11H2,1-4H3. The maximum atomic E-state index is 5.95. The summed E-state index contributed by atoms with van der Waals surface area (Å²) in [7, 11) is 0. The van der Waals surface area contributed by atoms with Gasteiger partial charge in [0, 0.05) is 25.0 Å². The topological polar surface area (TPSA) is 34.2 Å². The Morgan fingerprint density at radius 3 is 2.63 bits per heavy atom. The molecule has 2 atom stereocenters. The molecule has 3 nitrogen and oxygen atoms in total. The van der Waals surface area contributed by atoms with Gasteiger partial charge in [-0.05, 0) is 43.9 Å². The van der Waals surface area contributed by atoms with E-state index in [1.54, 1.807) is 0 Å². The van der Waals surface area contributed by atoms with Crippen molar-refractivity contribution in [2.75, 3.05) is 13.2 Å². The number of ether oxygens (including phenoxy) is 1. The van der Waals surface area contributed by atoms with E-state index < -0.39 is 0 Å². The summed E-state index contributed by atoms with van der Waals surface area (Å²) in [6, 6.07) is 4.48. The third-order valence-corrected chi connectivity index (χ3v) is 3.25. The molecular weight excluding hydrogens is 236 g/mol. The summed E-state index contributed by atoms with van der Waals surface area (Å²) < 4.78 is 5.95. The van der Waals surface area contributed by atoms with E-state index in [1.807, 2.05) is 18.5 Å². The van der Waals surface area contributed by atoms with Gasteiger partial charge >= 0.3 is 0 Å². The van der Waals surface area contributed by atoms with E-state index >= 15 is 0 Å². The van der Waals surface area contributed by atoms with Crippen molar-refractivity contribution in [1.29, 1.82) is 0 Å². The fraction of sp³-hybridized carbons (Fsp3) is 0.688. The molecular formula is C16H28N2O. The monoisotopic (exact) mass is 264 g/mol. The van der Waals surface area contributed by atoms with Gasteiger partial charge in [-0.1, -0.05) is 26.8 Å². The molecule has 108 valence electrons. The fourth-order valence-corrected chi connectivity index (χ4v) is 2.37. The maximum Gasteiger partial charge on any atom is 0.0753 e. The molecule has 1 heterocycles. The van der Waals surface area contributed by atoms with Gasteiger partial charge in [-0.2, -0.15) is 0 Å². The van der Waals surface area contributed by atoms with Crippen LogP contribution in [0.15, 0.2) is 24.5 Å². The van der Waals surface area contributed by atoms with Crippen LogP contribution in [-0.4, -0.2) is 30.3 Å². The first kappa shape index (κ1) is 16.1. The number of aromatic nitrogens is 1. The van der Waals surface area contributed by atoms with Crippen molar-refractivity contribution >= 4 is 0 Å². The lowest BCUT2D eigenvalue weighted by molar-refractivity contribution is 0.00360. The Morgan fingerprint density at radius 1 is 1.32 bits per heavy atom. The average molecular weight is 264 g/mol. The Hall–Kier alpha value is -0.930. The van der Waals surface area contributed by atoms with Crippen LogP contribution in [0, 0.1) is 5.92 Å². The third kappa shape index (κ3) is 5.70. The van der Waals surface area contributed by atoms with Crippen molar-refractivity contribution in [3.8, 4) is 0 Å². The maximum absolute atomic E-state index is 5.95. The lowest BCUT2D eigenvalue weighted by Gasteiger charge is -2.31. The summed E-state index contributed by atoms with van der Waals surface area (Å²) in [6.07, 6.45) is 6.12. The van der Waals surface area contributed by atoms with Crippen molar-refractivity contribution in [3.63, 3.8) is 0 Å². The van der Waals surface area contributed by atoms with Crippen LogP contribution in [0.5, 0.6) is 0 Å². The molecule has 19 heavy (non-hydrogen) atoms. The summed E-state index contributed by atoms with van der Waals surface area (Å²) in [5.41, 5.74) is 1.27. The number of rotatable bonds is 9. The Kier molecular flexibility index (Phi) is 7.68. The molecule has 0 amide bonds. The van der Waals surface area contributed by atoms with E-state index in [0.717, 1.165) is 26.0 Å². The van der Waals surface area contributed by atoms with E-state index in [1.165, 1.54) is 5.56 Å². The predicted octanol–water partition coefficient (Wildman–Crippen LogP) is 3.05. The van der Waals surface area contributed by atoms with Crippen LogP contribution in [0.1, 0.15) is 39.7 Å². The lowest BCUT2D eigenvalue weighted by atomic mass is 9.94. The first-order valence-electron chi connectivity index (χ1n) is 7.42. The molecule has 1 N–H and O–H groups in total. The highest BCUT2D eigenvalue weighted by Gasteiger charge is 2.24. The molecule has 1 aromatic heterocycles. The number of hydrogen-bond acceptors (Lipinski definition) is 3. The van der Waals surface area contributed by atoms with Crippen LogP contribution >= 0.6 is 0 Å². The molecule has 2 unspecified atom stereocenters. The lowest BCUT2D eigenvalue weighted by Crippen LogP contribution is -2.46. The highest BCUT2D eigenvalue weighted by molar-refractivity contribution is 5.11. The van der Waals surface area contributed by atoms with Gasteiger partial charge < -0.3 is 10.1 Å². The van der Waals surface area contributed by atoms with E-state index in [9.17, 15) is 0 Å². The number of hydrogen-bond donors (Lipinski definition) is 1. The van der Waals surface area contributed by atoms with E-state index in [4.69, 9.17) is 4.74 Å². The Bertz CT molecular complexity index is 327. The highest BCUT2D eigenvalue weighted by Crippen LogP contribution is 2.15. The van der Waals surface area contributed by atoms with Crippen LogP contribution in [0.4, 0.5) is 0 Å². The smallest absolute Gasteiger partial charge is 0.0753 e. The zero-order valence-corrected chi connectivity index (χ0v) is 12.7. The second-order valence-corrected chi connectivity index (χ2v) is 5.29. The molecule has 0 saturated carbocycles. The van der Waals surface area contributed by atoms with Crippen molar-refractivity contribution in [2.45, 2.75) is 52.7 Å². The van der Waals surface area contributed by atoms with Crippen molar-refractivity contribution in [3.05, 3.63) is 30.1 Å². The molecule has 0 spiro atoms. The SMILES string of the molecule is CCCNC(Cc1cccnc1)C(OCC)C(C)C.